The highest BCUT2D eigenvalue weighted by Gasteiger charge is 2.46. The monoisotopic (exact) mass is 376 g/mol. The summed E-state index contributed by atoms with van der Waals surface area (Å²) in [5, 5.41) is 12.4. The van der Waals surface area contributed by atoms with Crippen LogP contribution in [0.2, 0.25) is 0 Å². The summed E-state index contributed by atoms with van der Waals surface area (Å²) in [6.45, 7) is 1.78. The number of carboxylic acid groups (broad SMARTS) is 1. The van der Waals surface area contributed by atoms with Gasteiger partial charge < -0.3 is 20.1 Å². The zero-order chi connectivity index (χ0) is 19.0. The van der Waals surface area contributed by atoms with Crippen molar-refractivity contribution in [3.63, 3.8) is 0 Å². The maximum Gasteiger partial charge on any atom is 0.407 e. The zero-order valence-corrected chi connectivity index (χ0v) is 15.2. The van der Waals surface area contributed by atoms with E-state index >= 15 is 0 Å². The van der Waals surface area contributed by atoms with Gasteiger partial charge in [0.1, 0.15) is 5.82 Å². The topological polar surface area (TPSA) is 78.9 Å². The van der Waals surface area contributed by atoms with E-state index in [0.717, 1.165) is 37.7 Å². The molecule has 3 aliphatic rings. The summed E-state index contributed by atoms with van der Waals surface area (Å²) in [6.07, 6.45) is 3.47. The van der Waals surface area contributed by atoms with Crippen LogP contribution >= 0.6 is 0 Å². The lowest BCUT2D eigenvalue weighted by molar-refractivity contribution is 0.0694. The number of nitrogens with one attached hydrogen (secondary N) is 1. The molecule has 2 N–H and O–H groups in total. The number of ether oxygens (including phenoxy) is 1. The number of carbonyl (C=O) groups excluding carboxylic acids is 1. The van der Waals surface area contributed by atoms with E-state index in [1.165, 1.54) is 11.0 Å². The van der Waals surface area contributed by atoms with Crippen molar-refractivity contribution in [1.82, 2.24) is 10.2 Å². The molecule has 0 bridgehead atoms. The Kier molecular flexibility index (Phi) is 5.04. The number of amides is 2. The Balaban J connectivity index is 1.44. The first-order chi connectivity index (χ1) is 13.0. The molecule has 27 heavy (non-hydrogen) atoms. The normalized spacial score (nSPS) is 25.1. The van der Waals surface area contributed by atoms with Crippen molar-refractivity contribution in [3.05, 3.63) is 35.1 Å². The average Bonchev–Trinajstić information content (AvgIpc) is 3.55. The quantitative estimate of drug-likeness (QED) is 0.800. The first-order valence-corrected chi connectivity index (χ1v) is 9.70. The highest BCUT2D eigenvalue weighted by atomic mass is 19.1. The molecule has 1 aromatic rings. The number of rotatable bonds is 6. The number of halogens is 1. The van der Waals surface area contributed by atoms with Crippen LogP contribution in [0.4, 0.5) is 9.18 Å². The van der Waals surface area contributed by atoms with Crippen LogP contribution in [-0.4, -0.2) is 53.8 Å². The van der Waals surface area contributed by atoms with E-state index in [9.17, 15) is 19.1 Å². The first kappa shape index (κ1) is 18.2. The fourth-order valence-corrected chi connectivity index (χ4v) is 3.87. The molecule has 0 radical (unpaired) electrons. The SMILES string of the molecule is O=C(NC1CCOCC1)c1cc([C@@H]2C[C@H]2N(CC2CC2)C(=O)O)ccc1F. The van der Waals surface area contributed by atoms with Gasteiger partial charge in [-0.25, -0.2) is 9.18 Å². The molecule has 0 unspecified atom stereocenters. The summed E-state index contributed by atoms with van der Waals surface area (Å²) >= 11 is 0. The lowest BCUT2D eigenvalue weighted by atomic mass is 10.0. The summed E-state index contributed by atoms with van der Waals surface area (Å²) < 4.78 is 19.5. The molecule has 2 amide bonds. The van der Waals surface area contributed by atoms with Crippen LogP contribution in [-0.2, 0) is 4.74 Å². The number of carbonyl (C=O) groups is 2. The molecule has 1 aromatic carbocycles. The van der Waals surface area contributed by atoms with E-state index in [1.807, 2.05) is 0 Å². The molecule has 1 aliphatic heterocycles. The summed E-state index contributed by atoms with van der Waals surface area (Å²) in [7, 11) is 0. The lowest BCUT2D eigenvalue weighted by Gasteiger charge is -2.23. The molecule has 2 saturated carbocycles. The molecule has 2 aliphatic carbocycles. The van der Waals surface area contributed by atoms with E-state index in [4.69, 9.17) is 4.74 Å². The molecule has 1 saturated heterocycles. The van der Waals surface area contributed by atoms with Crippen LogP contribution in [0.15, 0.2) is 18.2 Å². The third-order valence-electron chi connectivity index (χ3n) is 5.77. The van der Waals surface area contributed by atoms with Gasteiger partial charge in [0.05, 0.1) is 5.56 Å². The van der Waals surface area contributed by atoms with Crippen molar-refractivity contribution in [2.75, 3.05) is 19.8 Å². The lowest BCUT2D eigenvalue weighted by Crippen LogP contribution is -2.39. The molecular weight excluding hydrogens is 351 g/mol. The Bertz CT molecular complexity index is 731. The van der Waals surface area contributed by atoms with Crippen molar-refractivity contribution in [2.45, 2.75) is 50.1 Å². The Morgan fingerprint density at radius 1 is 1.22 bits per heavy atom. The fraction of sp³-hybridized carbons (Fsp3) is 0.600. The smallest absolute Gasteiger partial charge is 0.407 e. The zero-order valence-electron chi connectivity index (χ0n) is 15.2. The van der Waals surface area contributed by atoms with Gasteiger partial charge >= 0.3 is 6.09 Å². The Labute approximate surface area is 157 Å². The molecule has 4 rings (SSSR count). The molecular formula is C20H25FN2O4. The second-order valence-electron chi connectivity index (χ2n) is 7.89. The van der Waals surface area contributed by atoms with E-state index in [1.54, 1.807) is 12.1 Å². The summed E-state index contributed by atoms with van der Waals surface area (Å²) in [4.78, 5) is 25.6. The van der Waals surface area contributed by atoms with Gasteiger partial charge in [-0.2, -0.15) is 0 Å². The number of hydrogen-bond acceptors (Lipinski definition) is 3. The number of nitrogens with zero attached hydrogens (tertiary/aromatic N) is 1. The van der Waals surface area contributed by atoms with Crippen molar-refractivity contribution in [1.29, 1.82) is 0 Å². The molecule has 1 heterocycles. The van der Waals surface area contributed by atoms with E-state index in [2.05, 4.69) is 5.32 Å². The minimum Gasteiger partial charge on any atom is -0.465 e. The Hall–Kier alpha value is -2.15. The van der Waals surface area contributed by atoms with Gasteiger partial charge in [0.25, 0.3) is 5.91 Å². The molecule has 0 spiro atoms. The van der Waals surface area contributed by atoms with Gasteiger partial charge in [-0.3, -0.25) is 4.79 Å². The predicted octanol–water partition coefficient (Wildman–Crippen LogP) is 2.98. The fourth-order valence-electron chi connectivity index (χ4n) is 3.87. The number of benzene rings is 1. The summed E-state index contributed by atoms with van der Waals surface area (Å²) in [6, 6.07) is 4.51. The molecule has 6 nitrogen and oxygen atoms in total. The first-order valence-electron chi connectivity index (χ1n) is 9.70. The molecule has 2 atom stereocenters. The van der Waals surface area contributed by atoms with Crippen molar-refractivity contribution in [2.24, 2.45) is 5.92 Å². The van der Waals surface area contributed by atoms with Gasteiger partial charge in [-0.05, 0) is 55.7 Å². The highest BCUT2D eigenvalue weighted by molar-refractivity contribution is 5.95. The van der Waals surface area contributed by atoms with Gasteiger partial charge in [-0.1, -0.05) is 6.07 Å². The maximum atomic E-state index is 14.2. The van der Waals surface area contributed by atoms with Crippen LogP contribution in [0.25, 0.3) is 0 Å². The highest BCUT2D eigenvalue weighted by Crippen LogP contribution is 2.46. The van der Waals surface area contributed by atoms with Crippen LogP contribution in [0.5, 0.6) is 0 Å². The second kappa shape index (κ2) is 7.46. The third kappa shape index (κ3) is 4.24. The standard InChI is InChI=1S/C20H25FN2O4/c21-17-4-3-13(9-16(17)19(24)22-14-5-7-27-8-6-14)15-10-18(15)23(20(25)26)11-12-1-2-12/h3-4,9,12,14-15,18H,1-2,5-8,10-11H2,(H,22,24)(H,25,26)/t15-,18+/m0/s1. The number of hydrogen-bond donors (Lipinski definition) is 2. The minimum atomic E-state index is -0.894. The van der Waals surface area contributed by atoms with Crippen LogP contribution < -0.4 is 5.32 Å². The summed E-state index contributed by atoms with van der Waals surface area (Å²) in [5.74, 6) is -0.438. The Morgan fingerprint density at radius 3 is 2.63 bits per heavy atom. The molecule has 3 fully saturated rings. The third-order valence-corrected chi connectivity index (χ3v) is 5.77. The van der Waals surface area contributed by atoms with Crippen LogP contribution in [0, 0.1) is 11.7 Å². The van der Waals surface area contributed by atoms with Crippen LogP contribution in [0.3, 0.4) is 0 Å². The predicted molar refractivity (Wildman–Crippen MR) is 96.3 cm³/mol. The summed E-state index contributed by atoms with van der Waals surface area (Å²) in [5.41, 5.74) is 0.870. The molecule has 0 aromatic heterocycles. The van der Waals surface area contributed by atoms with E-state index in [-0.39, 0.29) is 23.6 Å². The van der Waals surface area contributed by atoms with Gasteiger partial charge in [0.15, 0.2) is 0 Å². The minimum absolute atomic E-state index is 0.00373. The van der Waals surface area contributed by atoms with Gasteiger partial charge in [0.2, 0.25) is 0 Å². The largest absolute Gasteiger partial charge is 0.465 e. The Morgan fingerprint density at radius 2 is 1.96 bits per heavy atom. The van der Waals surface area contributed by atoms with Crippen molar-refractivity contribution >= 4 is 12.0 Å². The van der Waals surface area contributed by atoms with Crippen molar-refractivity contribution in [3.8, 4) is 0 Å². The van der Waals surface area contributed by atoms with Gasteiger partial charge in [-0.15, -0.1) is 0 Å². The van der Waals surface area contributed by atoms with Crippen LogP contribution in [0.1, 0.15) is 53.9 Å². The second-order valence-corrected chi connectivity index (χ2v) is 7.89. The average molecular weight is 376 g/mol. The molecule has 146 valence electrons. The van der Waals surface area contributed by atoms with E-state index in [0.29, 0.717) is 25.7 Å². The van der Waals surface area contributed by atoms with Gasteiger partial charge in [0, 0.05) is 37.8 Å². The maximum absolute atomic E-state index is 14.2. The van der Waals surface area contributed by atoms with E-state index < -0.39 is 17.8 Å². The van der Waals surface area contributed by atoms with Crippen molar-refractivity contribution < 1.29 is 23.8 Å². The molecule has 7 heteroatoms.